The van der Waals surface area contributed by atoms with Crippen LogP contribution in [0.4, 0.5) is 0 Å². The third-order valence-corrected chi connectivity index (χ3v) is 2.62. The zero-order valence-corrected chi connectivity index (χ0v) is 11.3. The first-order valence-electron chi connectivity index (χ1n) is 6.41. The molecule has 1 aromatic carbocycles. The topological polar surface area (TPSA) is 84.1 Å². The van der Waals surface area contributed by atoms with Crippen LogP contribution in [0.2, 0.25) is 0 Å². The third kappa shape index (κ3) is 5.02. The number of aliphatic carboxylic acids is 1. The molecule has 0 aliphatic carbocycles. The van der Waals surface area contributed by atoms with Gasteiger partial charge in [0.2, 0.25) is 0 Å². The van der Waals surface area contributed by atoms with Gasteiger partial charge in [0.25, 0.3) is 0 Å². The minimum Gasteiger partial charge on any atom is -0.482 e. The maximum atomic E-state index is 10.5. The molecule has 6 nitrogen and oxygen atoms in total. The lowest BCUT2D eigenvalue weighted by Gasteiger charge is -2.07. The first kappa shape index (κ1) is 14.6. The fraction of sp³-hybridized carbons (Fsp3) is 0.200. The van der Waals surface area contributed by atoms with Gasteiger partial charge in [-0.3, -0.25) is 4.98 Å². The van der Waals surface area contributed by atoms with Crippen molar-refractivity contribution in [1.29, 1.82) is 0 Å². The van der Waals surface area contributed by atoms with Gasteiger partial charge in [-0.2, -0.15) is 10.2 Å². The molecule has 0 bridgehead atoms. The molecule has 0 amide bonds. The molecule has 0 saturated heterocycles. The number of azo groups is 1. The summed E-state index contributed by atoms with van der Waals surface area (Å²) in [5.74, 6) is -0.502. The van der Waals surface area contributed by atoms with Crippen LogP contribution in [0.3, 0.4) is 0 Å². The van der Waals surface area contributed by atoms with E-state index in [1.54, 1.807) is 18.3 Å². The van der Waals surface area contributed by atoms with E-state index >= 15 is 0 Å². The van der Waals surface area contributed by atoms with Gasteiger partial charge in [-0.1, -0.05) is 24.3 Å². The smallest absolute Gasteiger partial charge is 0.341 e. The van der Waals surface area contributed by atoms with Gasteiger partial charge in [0, 0.05) is 11.8 Å². The lowest BCUT2D eigenvalue weighted by molar-refractivity contribution is -0.139. The maximum absolute atomic E-state index is 10.5. The molecule has 1 aromatic heterocycles. The molecule has 0 spiro atoms. The third-order valence-electron chi connectivity index (χ3n) is 2.62. The highest BCUT2D eigenvalue weighted by Gasteiger charge is 2.04. The first-order valence-corrected chi connectivity index (χ1v) is 6.41. The summed E-state index contributed by atoms with van der Waals surface area (Å²) in [5, 5.41) is 16.8. The minimum absolute atomic E-state index is 0.336. The molecule has 6 heteroatoms. The van der Waals surface area contributed by atoms with Crippen molar-refractivity contribution in [3.8, 4) is 5.75 Å². The van der Waals surface area contributed by atoms with Crippen molar-refractivity contribution >= 4 is 5.97 Å². The normalized spacial score (nSPS) is 10.7. The molecular weight excluding hydrogens is 270 g/mol. The second-order valence-corrected chi connectivity index (χ2v) is 4.21. The van der Waals surface area contributed by atoms with Crippen LogP contribution in [0.15, 0.2) is 58.9 Å². The van der Waals surface area contributed by atoms with Gasteiger partial charge in [0.15, 0.2) is 6.61 Å². The standard InChI is InChI=1S/C15H15N3O3/c19-15(20)11-21-14-7-2-1-5-12(14)9-17-18-10-13-6-3-4-8-16-13/h1-8H,9-11H2,(H,19,20). The summed E-state index contributed by atoms with van der Waals surface area (Å²) in [7, 11) is 0. The predicted molar refractivity (Wildman–Crippen MR) is 76.1 cm³/mol. The summed E-state index contributed by atoms with van der Waals surface area (Å²) in [6.07, 6.45) is 1.71. The van der Waals surface area contributed by atoms with Crippen molar-refractivity contribution < 1.29 is 14.6 Å². The molecule has 1 heterocycles. The highest BCUT2D eigenvalue weighted by atomic mass is 16.5. The number of para-hydroxylation sites is 1. The van der Waals surface area contributed by atoms with Gasteiger partial charge in [-0.25, -0.2) is 4.79 Å². The Bertz CT molecular complexity index is 615. The molecule has 2 rings (SSSR count). The summed E-state index contributed by atoms with van der Waals surface area (Å²) in [5.41, 5.74) is 1.64. The molecule has 2 aromatic rings. The van der Waals surface area contributed by atoms with E-state index in [1.807, 2.05) is 30.3 Å². The molecule has 0 aliphatic rings. The minimum atomic E-state index is -1.01. The van der Waals surface area contributed by atoms with Crippen LogP contribution in [0, 0.1) is 0 Å². The number of carboxylic acid groups (broad SMARTS) is 1. The second kappa shape index (κ2) is 7.74. The van der Waals surface area contributed by atoms with Gasteiger partial charge in [-0.15, -0.1) is 0 Å². The van der Waals surface area contributed by atoms with Crippen LogP contribution in [0.1, 0.15) is 11.3 Å². The second-order valence-electron chi connectivity index (χ2n) is 4.21. The number of aromatic nitrogens is 1. The van der Waals surface area contributed by atoms with E-state index in [4.69, 9.17) is 9.84 Å². The molecule has 21 heavy (non-hydrogen) atoms. The fourth-order valence-corrected chi connectivity index (χ4v) is 1.66. The van der Waals surface area contributed by atoms with Gasteiger partial charge in [0.05, 0.1) is 12.2 Å². The Hall–Kier alpha value is -2.76. The largest absolute Gasteiger partial charge is 0.482 e. The Morgan fingerprint density at radius 2 is 1.86 bits per heavy atom. The van der Waals surface area contributed by atoms with Crippen LogP contribution in [0.5, 0.6) is 5.75 Å². The Kier molecular flexibility index (Phi) is 5.40. The van der Waals surface area contributed by atoms with E-state index < -0.39 is 5.97 Å². The lowest BCUT2D eigenvalue weighted by Crippen LogP contribution is -2.10. The van der Waals surface area contributed by atoms with Crippen molar-refractivity contribution in [3.63, 3.8) is 0 Å². The summed E-state index contributed by atoms with van der Waals surface area (Å²) < 4.78 is 5.20. The zero-order valence-electron chi connectivity index (χ0n) is 11.3. The molecule has 0 fully saturated rings. The summed E-state index contributed by atoms with van der Waals surface area (Å²) in [6.45, 7) is 0.379. The number of nitrogens with zero attached hydrogens (tertiary/aromatic N) is 3. The van der Waals surface area contributed by atoms with Crippen LogP contribution in [0.25, 0.3) is 0 Å². The number of benzene rings is 1. The number of hydrogen-bond donors (Lipinski definition) is 1. The van der Waals surface area contributed by atoms with Crippen molar-refractivity contribution in [2.75, 3.05) is 6.61 Å². The highest BCUT2D eigenvalue weighted by Crippen LogP contribution is 2.19. The van der Waals surface area contributed by atoms with Gasteiger partial charge in [-0.05, 0) is 18.2 Å². The first-order chi connectivity index (χ1) is 10.3. The number of carbonyl (C=O) groups is 1. The van der Waals surface area contributed by atoms with Crippen LogP contribution < -0.4 is 4.74 Å². The molecule has 0 unspecified atom stereocenters. The Labute approximate surface area is 122 Å². The maximum Gasteiger partial charge on any atom is 0.341 e. The molecule has 108 valence electrons. The Morgan fingerprint density at radius 3 is 2.62 bits per heavy atom. The number of ether oxygens (including phenoxy) is 1. The zero-order chi connectivity index (χ0) is 14.9. The van der Waals surface area contributed by atoms with Crippen LogP contribution in [-0.4, -0.2) is 22.7 Å². The molecule has 0 saturated carbocycles. The number of hydrogen-bond acceptors (Lipinski definition) is 5. The Balaban J connectivity index is 1.92. The average molecular weight is 285 g/mol. The fourth-order valence-electron chi connectivity index (χ4n) is 1.66. The molecule has 0 atom stereocenters. The number of rotatable bonds is 7. The van der Waals surface area contributed by atoms with Gasteiger partial charge >= 0.3 is 5.97 Å². The SMILES string of the molecule is O=C(O)COc1ccccc1CN=NCc1ccccn1. The quantitative estimate of drug-likeness (QED) is 0.793. The van der Waals surface area contributed by atoms with E-state index in [0.717, 1.165) is 11.3 Å². The summed E-state index contributed by atoms with van der Waals surface area (Å²) in [4.78, 5) is 14.7. The van der Waals surface area contributed by atoms with E-state index in [0.29, 0.717) is 18.8 Å². The van der Waals surface area contributed by atoms with E-state index in [-0.39, 0.29) is 6.61 Å². The van der Waals surface area contributed by atoms with Crippen molar-refractivity contribution in [3.05, 3.63) is 59.9 Å². The van der Waals surface area contributed by atoms with Gasteiger partial charge in [0.1, 0.15) is 12.3 Å². The molecule has 0 aliphatic heterocycles. The molecular formula is C15H15N3O3. The van der Waals surface area contributed by atoms with E-state index in [9.17, 15) is 4.79 Å². The lowest BCUT2D eigenvalue weighted by atomic mass is 10.2. The number of pyridine rings is 1. The van der Waals surface area contributed by atoms with E-state index in [2.05, 4.69) is 15.2 Å². The highest BCUT2D eigenvalue weighted by molar-refractivity contribution is 5.68. The summed E-state index contributed by atoms with van der Waals surface area (Å²) >= 11 is 0. The molecule has 0 radical (unpaired) electrons. The average Bonchev–Trinajstić information content (AvgIpc) is 2.51. The van der Waals surface area contributed by atoms with Crippen molar-refractivity contribution in [1.82, 2.24) is 4.98 Å². The van der Waals surface area contributed by atoms with Gasteiger partial charge < -0.3 is 9.84 Å². The van der Waals surface area contributed by atoms with Crippen molar-refractivity contribution in [2.24, 2.45) is 10.2 Å². The monoisotopic (exact) mass is 285 g/mol. The molecule has 1 N–H and O–H groups in total. The van der Waals surface area contributed by atoms with Crippen molar-refractivity contribution in [2.45, 2.75) is 13.1 Å². The van der Waals surface area contributed by atoms with Crippen LogP contribution in [-0.2, 0) is 17.9 Å². The summed E-state index contributed by atoms with van der Waals surface area (Å²) in [6, 6.07) is 12.8. The Morgan fingerprint density at radius 1 is 1.10 bits per heavy atom. The number of carboxylic acids is 1. The van der Waals surface area contributed by atoms with Crippen LogP contribution >= 0.6 is 0 Å². The predicted octanol–water partition coefficient (Wildman–Crippen LogP) is 2.70. The van der Waals surface area contributed by atoms with E-state index in [1.165, 1.54) is 0 Å².